The van der Waals surface area contributed by atoms with Gasteiger partial charge in [0.1, 0.15) is 11.6 Å². The molecule has 0 fully saturated rings. The van der Waals surface area contributed by atoms with Crippen molar-refractivity contribution in [2.75, 3.05) is 7.11 Å². The Morgan fingerprint density at radius 1 is 1.32 bits per heavy atom. The van der Waals surface area contributed by atoms with Crippen LogP contribution >= 0.6 is 0 Å². The molecule has 1 aromatic heterocycles. The monoisotopic (exact) mass is 307 g/mol. The summed E-state index contributed by atoms with van der Waals surface area (Å²) in [5.74, 6) is -2.31. The van der Waals surface area contributed by atoms with Crippen molar-refractivity contribution in [2.45, 2.75) is 40.2 Å². The number of aromatic amines is 1. The summed E-state index contributed by atoms with van der Waals surface area (Å²) < 4.78 is 9.91. The lowest BCUT2D eigenvalue weighted by Gasteiger charge is -2.25. The minimum absolute atomic E-state index is 0.181. The fourth-order valence-electron chi connectivity index (χ4n) is 2.94. The molecule has 120 valence electrons. The molecule has 6 heteroatoms. The lowest BCUT2D eigenvalue weighted by molar-refractivity contribution is -0.145. The molecule has 6 nitrogen and oxygen atoms in total. The summed E-state index contributed by atoms with van der Waals surface area (Å²) in [6, 6.07) is 0. The zero-order chi connectivity index (χ0) is 16.6. The number of methoxy groups -OCH3 is 1. The largest absolute Gasteiger partial charge is 0.468 e. The van der Waals surface area contributed by atoms with Gasteiger partial charge in [0.25, 0.3) is 0 Å². The SMILES string of the molecule is COC(=O)[C@@H]1C(=O)c2c([nH]c(C(=O)OC(C)C)c2C)C[C@@H]1C. The van der Waals surface area contributed by atoms with Crippen LogP contribution in [0.25, 0.3) is 0 Å². The van der Waals surface area contributed by atoms with Crippen LogP contribution < -0.4 is 0 Å². The van der Waals surface area contributed by atoms with E-state index in [4.69, 9.17) is 9.47 Å². The highest BCUT2D eigenvalue weighted by atomic mass is 16.5. The fourth-order valence-corrected chi connectivity index (χ4v) is 2.94. The van der Waals surface area contributed by atoms with E-state index in [-0.39, 0.29) is 23.5 Å². The predicted octanol–water partition coefficient (Wildman–Crippen LogP) is 2.05. The summed E-state index contributed by atoms with van der Waals surface area (Å²) in [7, 11) is 1.27. The number of ketones is 1. The van der Waals surface area contributed by atoms with Gasteiger partial charge in [0, 0.05) is 11.3 Å². The lowest BCUT2D eigenvalue weighted by Crippen LogP contribution is -2.36. The van der Waals surface area contributed by atoms with Gasteiger partial charge in [-0.2, -0.15) is 0 Å². The van der Waals surface area contributed by atoms with Crippen molar-refractivity contribution in [3.05, 3.63) is 22.5 Å². The highest BCUT2D eigenvalue weighted by Crippen LogP contribution is 2.34. The molecule has 0 unspecified atom stereocenters. The number of Topliss-reactive ketones (excluding diaryl/α,β-unsaturated/α-hetero) is 1. The average Bonchev–Trinajstić information content (AvgIpc) is 2.74. The Bertz CT molecular complexity index is 629. The van der Waals surface area contributed by atoms with E-state index in [2.05, 4.69) is 4.98 Å². The molecule has 0 saturated heterocycles. The molecule has 0 bridgehead atoms. The summed E-state index contributed by atoms with van der Waals surface area (Å²) in [4.78, 5) is 39.6. The molecule has 0 radical (unpaired) electrons. The van der Waals surface area contributed by atoms with Crippen molar-refractivity contribution >= 4 is 17.7 Å². The second-order valence-electron chi connectivity index (χ2n) is 5.98. The van der Waals surface area contributed by atoms with Gasteiger partial charge < -0.3 is 14.5 Å². The number of ether oxygens (including phenoxy) is 2. The Labute approximate surface area is 129 Å². The molecule has 22 heavy (non-hydrogen) atoms. The average molecular weight is 307 g/mol. The predicted molar refractivity (Wildman–Crippen MR) is 78.8 cm³/mol. The number of esters is 2. The van der Waals surface area contributed by atoms with Gasteiger partial charge in [-0.15, -0.1) is 0 Å². The summed E-state index contributed by atoms with van der Waals surface area (Å²) in [6.07, 6.45) is 0.265. The summed E-state index contributed by atoms with van der Waals surface area (Å²) in [6.45, 7) is 7.03. The Morgan fingerprint density at radius 2 is 1.95 bits per heavy atom. The molecule has 0 saturated carbocycles. The van der Waals surface area contributed by atoms with E-state index in [1.165, 1.54) is 7.11 Å². The smallest absolute Gasteiger partial charge is 0.355 e. The summed E-state index contributed by atoms with van der Waals surface area (Å²) >= 11 is 0. The first-order valence-electron chi connectivity index (χ1n) is 7.32. The molecule has 1 N–H and O–H groups in total. The van der Waals surface area contributed by atoms with Gasteiger partial charge in [-0.1, -0.05) is 6.92 Å². The maximum Gasteiger partial charge on any atom is 0.355 e. The standard InChI is InChI=1S/C16H21NO5/c1-7(2)22-16(20)13-9(4)12-10(17-13)6-8(3)11(14(12)18)15(19)21-5/h7-8,11,17H,6H2,1-5H3/t8-,11-/m0/s1. The van der Waals surface area contributed by atoms with E-state index in [1.54, 1.807) is 20.8 Å². The third kappa shape index (κ3) is 2.65. The third-order valence-electron chi connectivity index (χ3n) is 3.95. The van der Waals surface area contributed by atoms with Crippen LogP contribution in [0.2, 0.25) is 0 Å². The lowest BCUT2D eigenvalue weighted by atomic mass is 9.77. The molecule has 0 amide bonds. The third-order valence-corrected chi connectivity index (χ3v) is 3.95. The topological polar surface area (TPSA) is 85.5 Å². The highest BCUT2D eigenvalue weighted by molar-refractivity contribution is 6.12. The molecule has 1 aliphatic rings. The molecule has 0 spiro atoms. The van der Waals surface area contributed by atoms with Crippen LogP contribution in [0.1, 0.15) is 52.9 Å². The van der Waals surface area contributed by atoms with Gasteiger partial charge >= 0.3 is 11.9 Å². The van der Waals surface area contributed by atoms with E-state index in [0.717, 1.165) is 0 Å². The van der Waals surface area contributed by atoms with Crippen LogP contribution in [0.3, 0.4) is 0 Å². The van der Waals surface area contributed by atoms with E-state index in [1.807, 2.05) is 6.92 Å². The number of nitrogens with one attached hydrogen (secondary N) is 1. The first kappa shape index (κ1) is 16.3. The summed E-state index contributed by atoms with van der Waals surface area (Å²) in [5.41, 5.74) is 1.92. The Balaban J connectivity index is 2.43. The second kappa shape index (κ2) is 5.94. The van der Waals surface area contributed by atoms with E-state index in [9.17, 15) is 14.4 Å². The van der Waals surface area contributed by atoms with Gasteiger partial charge in [0.2, 0.25) is 0 Å². The number of hydrogen-bond acceptors (Lipinski definition) is 5. The summed E-state index contributed by atoms with van der Waals surface area (Å²) in [5, 5.41) is 0. The Hall–Kier alpha value is -2.11. The minimum atomic E-state index is -0.819. The molecule has 1 aliphatic carbocycles. The van der Waals surface area contributed by atoms with Gasteiger partial charge in [-0.25, -0.2) is 4.79 Å². The van der Waals surface area contributed by atoms with E-state index in [0.29, 0.717) is 23.2 Å². The number of carbonyl (C=O) groups excluding carboxylic acids is 3. The van der Waals surface area contributed by atoms with Crippen molar-refractivity contribution in [3.8, 4) is 0 Å². The molecule has 2 rings (SSSR count). The van der Waals surface area contributed by atoms with Crippen molar-refractivity contribution in [1.82, 2.24) is 4.98 Å². The molecule has 0 aliphatic heterocycles. The van der Waals surface area contributed by atoms with Gasteiger partial charge in [0.15, 0.2) is 5.78 Å². The van der Waals surface area contributed by atoms with Crippen LogP contribution in [-0.4, -0.2) is 35.9 Å². The molecule has 1 heterocycles. The van der Waals surface area contributed by atoms with Crippen LogP contribution in [0.15, 0.2) is 0 Å². The maximum absolute atomic E-state index is 12.6. The normalized spacial score (nSPS) is 20.7. The van der Waals surface area contributed by atoms with Crippen LogP contribution in [0.5, 0.6) is 0 Å². The number of H-pyrrole nitrogens is 1. The van der Waals surface area contributed by atoms with Crippen LogP contribution in [0, 0.1) is 18.8 Å². The zero-order valence-corrected chi connectivity index (χ0v) is 13.5. The van der Waals surface area contributed by atoms with Crippen molar-refractivity contribution < 1.29 is 23.9 Å². The van der Waals surface area contributed by atoms with Crippen molar-refractivity contribution in [2.24, 2.45) is 11.8 Å². The molecular weight excluding hydrogens is 286 g/mol. The Morgan fingerprint density at radius 3 is 2.50 bits per heavy atom. The number of fused-ring (bicyclic) bond motifs is 1. The molecule has 1 aromatic rings. The fraction of sp³-hybridized carbons (Fsp3) is 0.562. The van der Waals surface area contributed by atoms with E-state index >= 15 is 0 Å². The number of rotatable bonds is 3. The van der Waals surface area contributed by atoms with Crippen LogP contribution in [-0.2, 0) is 20.7 Å². The number of hydrogen-bond donors (Lipinski definition) is 1. The second-order valence-corrected chi connectivity index (χ2v) is 5.98. The van der Waals surface area contributed by atoms with Gasteiger partial charge in [0.05, 0.1) is 13.2 Å². The van der Waals surface area contributed by atoms with Gasteiger partial charge in [-0.05, 0) is 38.7 Å². The van der Waals surface area contributed by atoms with Gasteiger partial charge in [-0.3, -0.25) is 9.59 Å². The molecular formula is C16H21NO5. The quantitative estimate of drug-likeness (QED) is 0.682. The first-order chi connectivity index (χ1) is 10.3. The molecule has 0 aromatic carbocycles. The number of carbonyl (C=O) groups is 3. The van der Waals surface area contributed by atoms with Crippen molar-refractivity contribution in [3.63, 3.8) is 0 Å². The molecule has 2 atom stereocenters. The van der Waals surface area contributed by atoms with E-state index < -0.39 is 17.9 Å². The van der Waals surface area contributed by atoms with Crippen molar-refractivity contribution in [1.29, 1.82) is 0 Å². The maximum atomic E-state index is 12.6. The highest BCUT2D eigenvalue weighted by Gasteiger charge is 2.41. The Kier molecular flexibility index (Phi) is 4.39. The minimum Gasteiger partial charge on any atom is -0.468 e. The van der Waals surface area contributed by atoms with Crippen LogP contribution in [0.4, 0.5) is 0 Å². The number of aromatic nitrogens is 1. The first-order valence-corrected chi connectivity index (χ1v) is 7.32. The zero-order valence-electron chi connectivity index (χ0n) is 13.5.